The number of rotatable bonds is 5. The van der Waals surface area contributed by atoms with Crippen molar-refractivity contribution >= 4 is 24.6 Å². The van der Waals surface area contributed by atoms with Gasteiger partial charge in [-0.2, -0.15) is 12.6 Å². The third-order valence-corrected chi connectivity index (χ3v) is 4.84. The molecule has 124 valence electrons. The highest BCUT2D eigenvalue weighted by molar-refractivity contribution is 7.80. The number of esters is 1. The first-order valence-electron chi connectivity index (χ1n) is 7.47. The van der Waals surface area contributed by atoms with Crippen molar-refractivity contribution in [2.45, 2.75) is 11.5 Å². The van der Waals surface area contributed by atoms with E-state index in [9.17, 15) is 9.59 Å². The number of fused-ring (bicyclic) bond motifs is 3. The van der Waals surface area contributed by atoms with Crippen molar-refractivity contribution in [1.82, 2.24) is 0 Å². The lowest BCUT2D eigenvalue weighted by atomic mass is 9.98. The van der Waals surface area contributed by atoms with Gasteiger partial charge in [0.2, 0.25) is 5.54 Å². The van der Waals surface area contributed by atoms with Gasteiger partial charge < -0.3 is 15.6 Å². The average Bonchev–Trinajstić information content (AvgIpc) is 2.92. The molecule has 2 aromatic carbocycles. The lowest BCUT2D eigenvalue weighted by Gasteiger charge is -2.22. The summed E-state index contributed by atoms with van der Waals surface area (Å²) in [4.78, 5) is 23.4. The molecule has 0 radical (unpaired) electrons. The van der Waals surface area contributed by atoms with Crippen LogP contribution in [0.2, 0.25) is 0 Å². The van der Waals surface area contributed by atoms with Gasteiger partial charge in [-0.1, -0.05) is 48.5 Å². The standard InChI is InChI=1S/C18H17NO4S/c19-18(10-24,16(20)21)17(22)23-9-15-13-7-3-1-5-11(13)12-6-2-4-8-14(12)15/h1-8,15,24H,9-10,19H2,(H,20,21)/t18-/m0/s1. The predicted molar refractivity (Wildman–Crippen MR) is 93.1 cm³/mol. The summed E-state index contributed by atoms with van der Waals surface area (Å²) >= 11 is 3.87. The third kappa shape index (κ3) is 2.57. The molecule has 0 spiro atoms. The minimum absolute atomic E-state index is 0.0346. The number of carboxylic acids is 1. The van der Waals surface area contributed by atoms with Crippen molar-refractivity contribution < 1.29 is 19.4 Å². The summed E-state index contributed by atoms with van der Waals surface area (Å²) in [5.41, 5.74) is 7.77. The number of carbonyl (C=O) groups excluding carboxylic acids is 1. The molecule has 3 N–H and O–H groups in total. The summed E-state index contributed by atoms with van der Waals surface area (Å²) in [6.45, 7) is 0.0346. The Morgan fingerprint density at radius 1 is 1.08 bits per heavy atom. The lowest BCUT2D eigenvalue weighted by molar-refractivity contribution is -0.159. The first-order valence-corrected chi connectivity index (χ1v) is 8.11. The molecule has 0 aromatic heterocycles. The fraction of sp³-hybridized carbons (Fsp3) is 0.222. The fourth-order valence-corrected chi connectivity index (χ4v) is 3.21. The Morgan fingerprint density at radius 2 is 1.58 bits per heavy atom. The highest BCUT2D eigenvalue weighted by atomic mass is 32.1. The Balaban J connectivity index is 1.86. The van der Waals surface area contributed by atoms with Crippen molar-refractivity contribution in [3.8, 4) is 11.1 Å². The molecule has 0 heterocycles. The van der Waals surface area contributed by atoms with Crippen LogP contribution < -0.4 is 5.73 Å². The fourth-order valence-electron chi connectivity index (χ4n) is 2.95. The second-order valence-corrected chi connectivity index (χ2v) is 6.08. The molecule has 0 saturated carbocycles. The topological polar surface area (TPSA) is 89.6 Å². The summed E-state index contributed by atoms with van der Waals surface area (Å²) < 4.78 is 5.26. The Morgan fingerprint density at radius 3 is 2.04 bits per heavy atom. The van der Waals surface area contributed by atoms with Gasteiger partial charge in [0.15, 0.2) is 0 Å². The van der Waals surface area contributed by atoms with E-state index in [-0.39, 0.29) is 18.3 Å². The van der Waals surface area contributed by atoms with Crippen LogP contribution in [-0.2, 0) is 14.3 Å². The molecule has 0 amide bonds. The largest absolute Gasteiger partial charge is 0.479 e. The average molecular weight is 343 g/mol. The van der Waals surface area contributed by atoms with E-state index in [2.05, 4.69) is 12.6 Å². The van der Waals surface area contributed by atoms with E-state index >= 15 is 0 Å². The van der Waals surface area contributed by atoms with E-state index < -0.39 is 17.5 Å². The molecule has 2 aromatic rings. The highest BCUT2D eigenvalue weighted by Crippen LogP contribution is 2.44. The number of hydrogen-bond acceptors (Lipinski definition) is 5. The van der Waals surface area contributed by atoms with Crippen LogP contribution >= 0.6 is 12.6 Å². The molecule has 1 aliphatic rings. The smallest absolute Gasteiger partial charge is 0.338 e. The van der Waals surface area contributed by atoms with E-state index in [0.717, 1.165) is 22.3 Å². The molecule has 0 bridgehead atoms. The highest BCUT2D eigenvalue weighted by Gasteiger charge is 2.43. The normalized spacial score (nSPS) is 15.2. The van der Waals surface area contributed by atoms with Crippen LogP contribution in [0.3, 0.4) is 0 Å². The summed E-state index contributed by atoms with van der Waals surface area (Å²) in [7, 11) is 0. The molecular weight excluding hydrogens is 326 g/mol. The van der Waals surface area contributed by atoms with Gasteiger partial charge in [0.05, 0.1) is 0 Å². The quantitative estimate of drug-likeness (QED) is 0.439. The van der Waals surface area contributed by atoms with Gasteiger partial charge in [0.25, 0.3) is 0 Å². The lowest BCUT2D eigenvalue weighted by Crippen LogP contribution is -2.57. The summed E-state index contributed by atoms with van der Waals surface area (Å²) in [6, 6.07) is 15.8. The number of benzene rings is 2. The van der Waals surface area contributed by atoms with Crippen LogP contribution in [0.25, 0.3) is 11.1 Å². The molecule has 0 saturated heterocycles. The number of aliphatic carboxylic acids is 1. The second-order valence-electron chi connectivity index (χ2n) is 5.76. The first-order chi connectivity index (χ1) is 11.5. The van der Waals surface area contributed by atoms with Gasteiger partial charge in [-0.05, 0) is 22.3 Å². The third-order valence-electron chi connectivity index (χ3n) is 4.34. The first kappa shape index (κ1) is 16.5. The van der Waals surface area contributed by atoms with Crippen molar-refractivity contribution in [2.24, 2.45) is 5.73 Å². The Labute approximate surface area is 144 Å². The van der Waals surface area contributed by atoms with Gasteiger partial charge in [-0.3, -0.25) is 0 Å². The molecule has 0 fully saturated rings. The molecular formula is C18H17NO4S. The Bertz CT molecular complexity index is 762. The van der Waals surface area contributed by atoms with Crippen LogP contribution in [0.1, 0.15) is 17.0 Å². The van der Waals surface area contributed by atoms with Gasteiger partial charge in [-0.15, -0.1) is 0 Å². The zero-order valence-electron chi connectivity index (χ0n) is 12.8. The van der Waals surface area contributed by atoms with E-state index in [0.29, 0.717) is 0 Å². The van der Waals surface area contributed by atoms with Gasteiger partial charge in [-0.25, -0.2) is 9.59 Å². The molecule has 0 aliphatic heterocycles. The molecule has 5 nitrogen and oxygen atoms in total. The predicted octanol–water partition coefficient (Wildman–Crippen LogP) is 2.05. The van der Waals surface area contributed by atoms with E-state index in [1.54, 1.807) is 0 Å². The monoisotopic (exact) mass is 343 g/mol. The van der Waals surface area contributed by atoms with Gasteiger partial charge in [0.1, 0.15) is 6.61 Å². The number of hydrogen-bond donors (Lipinski definition) is 3. The number of carbonyl (C=O) groups is 2. The van der Waals surface area contributed by atoms with Crippen LogP contribution in [-0.4, -0.2) is 34.9 Å². The van der Waals surface area contributed by atoms with Crippen molar-refractivity contribution in [3.63, 3.8) is 0 Å². The summed E-state index contributed by atoms with van der Waals surface area (Å²) in [6.07, 6.45) is 0. The summed E-state index contributed by atoms with van der Waals surface area (Å²) in [5, 5.41) is 9.14. The van der Waals surface area contributed by atoms with Gasteiger partial charge >= 0.3 is 11.9 Å². The number of nitrogens with two attached hydrogens (primary N) is 1. The van der Waals surface area contributed by atoms with Gasteiger partial charge in [0, 0.05) is 11.7 Å². The minimum Gasteiger partial charge on any atom is -0.479 e. The van der Waals surface area contributed by atoms with E-state index in [1.165, 1.54) is 0 Å². The maximum atomic E-state index is 12.1. The van der Waals surface area contributed by atoms with E-state index in [1.807, 2.05) is 48.5 Å². The summed E-state index contributed by atoms with van der Waals surface area (Å²) in [5.74, 6) is -2.90. The SMILES string of the molecule is N[C@@](CS)(C(=O)O)C(=O)OCC1c2ccccc2-c2ccccc21. The van der Waals surface area contributed by atoms with Crippen LogP contribution in [0.4, 0.5) is 0 Å². The number of ether oxygens (including phenoxy) is 1. The minimum atomic E-state index is -2.14. The molecule has 6 heteroatoms. The maximum absolute atomic E-state index is 12.1. The number of thiol groups is 1. The maximum Gasteiger partial charge on any atom is 0.338 e. The van der Waals surface area contributed by atoms with E-state index in [4.69, 9.17) is 15.6 Å². The Hall–Kier alpha value is -2.31. The van der Waals surface area contributed by atoms with Crippen LogP contribution in [0.15, 0.2) is 48.5 Å². The molecule has 1 aliphatic carbocycles. The molecule has 1 atom stereocenters. The molecule has 0 unspecified atom stereocenters. The molecule has 24 heavy (non-hydrogen) atoms. The zero-order valence-corrected chi connectivity index (χ0v) is 13.7. The second kappa shape index (κ2) is 6.30. The van der Waals surface area contributed by atoms with Crippen molar-refractivity contribution in [2.75, 3.05) is 12.4 Å². The van der Waals surface area contributed by atoms with Crippen molar-refractivity contribution in [1.29, 1.82) is 0 Å². The molecule has 3 rings (SSSR count). The number of carboxylic acid groups (broad SMARTS) is 1. The zero-order chi connectivity index (χ0) is 17.3. The van der Waals surface area contributed by atoms with Crippen LogP contribution in [0.5, 0.6) is 0 Å². The van der Waals surface area contributed by atoms with Crippen LogP contribution in [0, 0.1) is 0 Å². The van der Waals surface area contributed by atoms with Crippen molar-refractivity contribution in [3.05, 3.63) is 59.7 Å². The Kier molecular flexibility index (Phi) is 4.34.